The molecule has 2 aromatic carbocycles. The number of carbonyl (C=O) groups is 1. The maximum absolute atomic E-state index is 14.4. The topological polar surface area (TPSA) is 65.6 Å². The van der Waals surface area contributed by atoms with Gasteiger partial charge < -0.3 is 25.6 Å². The number of nitrogens with zero attached hydrogens (tertiary/aromatic N) is 1. The summed E-state index contributed by atoms with van der Waals surface area (Å²) in [5.74, 6) is 3.10. The van der Waals surface area contributed by atoms with Crippen LogP contribution in [-0.2, 0) is 6.42 Å². The molecule has 39 heavy (non-hydrogen) atoms. The Labute approximate surface area is 225 Å². The lowest BCUT2D eigenvalue weighted by Crippen LogP contribution is -2.20. The van der Waals surface area contributed by atoms with Crippen LogP contribution in [0.15, 0.2) is 30.3 Å². The average Bonchev–Trinajstić information content (AvgIpc) is 3.18. The molecule has 210 valence electrons. The van der Waals surface area contributed by atoms with E-state index in [4.69, 9.17) is 0 Å². The highest BCUT2D eigenvalue weighted by atomic mass is 32.1. The Morgan fingerprint density at radius 2 is 1.90 bits per heavy atom. The molecule has 0 unspecified atom stereocenters. The van der Waals surface area contributed by atoms with E-state index < -0.39 is 42.2 Å². The predicted octanol–water partition coefficient (Wildman–Crippen LogP) is 5.54. The van der Waals surface area contributed by atoms with Gasteiger partial charge in [0.2, 0.25) is 0 Å². The number of amides is 1. The third-order valence-corrected chi connectivity index (χ3v) is 6.59. The summed E-state index contributed by atoms with van der Waals surface area (Å²) in [5, 5.41) is 8.50. The monoisotopic (exact) mass is 572 g/mol. The number of benzene rings is 2. The van der Waals surface area contributed by atoms with Crippen LogP contribution in [0.1, 0.15) is 20.8 Å². The first kappa shape index (κ1) is 29.9. The number of ether oxygens (including phenoxy) is 1. The number of alkyl halides is 5. The van der Waals surface area contributed by atoms with E-state index in [-0.39, 0.29) is 22.7 Å². The molecule has 6 nitrogen and oxygen atoms in total. The molecule has 0 aliphatic heterocycles. The molecule has 0 aliphatic rings. The van der Waals surface area contributed by atoms with Gasteiger partial charge in [-0.05, 0) is 37.2 Å². The Kier molecular flexibility index (Phi) is 9.93. The van der Waals surface area contributed by atoms with Crippen LogP contribution in [0.5, 0.6) is 5.75 Å². The van der Waals surface area contributed by atoms with Gasteiger partial charge in [0.25, 0.3) is 5.91 Å². The van der Waals surface area contributed by atoms with Crippen molar-refractivity contribution in [2.45, 2.75) is 19.2 Å². The number of thiophene rings is 1. The van der Waals surface area contributed by atoms with E-state index in [0.717, 1.165) is 30.0 Å². The van der Waals surface area contributed by atoms with Crippen LogP contribution in [0.25, 0.3) is 10.1 Å². The molecule has 0 fully saturated rings. The molecule has 1 aromatic heterocycles. The number of anilines is 2. The van der Waals surface area contributed by atoms with E-state index in [2.05, 4.69) is 32.5 Å². The lowest BCUT2D eigenvalue weighted by molar-refractivity contribution is -0.127. The molecule has 0 spiro atoms. The first-order valence-corrected chi connectivity index (χ1v) is 12.4. The molecule has 0 saturated carbocycles. The van der Waals surface area contributed by atoms with Gasteiger partial charge >= 0.3 is 12.8 Å². The minimum Gasteiger partial charge on any atom is -0.433 e. The van der Waals surface area contributed by atoms with Crippen molar-refractivity contribution in [3.63, 3.8) is 0 Å². The van der Waals surface area contributed by atoms with Gasteiger partial charge in [-0.1, -0.05) is 24.0 Å². The molecule has 0 radical (unpaired) electrons. The first-order valence-electron chi connectivity index (χ1n) is 11.6. The quantitative estimate of drug-likeness (QED) is 0.220. The lowest BCUT2D eigenvalue weighted by atomic mass is 10.1. The Morgan fingerprint density at radius 1 is 1.15 bits per heavy atom. The van der Waals surface area contributed by atoms with Crippen LogP contribution in [0.3, 0.4) is 0 Å². The van der Waals surface area contributed by atoms with Crippen molar-refractivity contribution in [2.24, 2.45) is 0 Å². The highest BCUT2D eigenvalue weighted by molar-refractivity contribution is 7.20. The van der Waals surface area contributed by atoms with Gasteiger partial charge in [-0.2, -0.15) is 22.0 Å². The molecule has 0 saturated heterocycles. The van der Waals surface area contributed by atoms with Gasteiger partial charge in [-0.15, -0.1) is 11.3 Å². The summed E-state index contributed by atoms with van der Waals surface area (Å²) in [6, 6.07) is 6.70. The molecule has 3 aromatic rings. The van der Waals surface area contributed by atoms with Gasteiger partial charge in [0.1, 0.15) is 11.6 Å². The van der Waals surface area contributed by atoms with Crippen molar-refractivity contribution < 1.29 is 35.9 Å². The Morgan fingerprint density at radius 3 is 2.54 bits per heavy atom. The second kappa shape index (κ2) is 12.9. The van der Waals surface area contributed by atoms with Crippen molar-refractivity contribution in [1.29, 1.82) is 0 Å². The van der Waals surface area contributed by atoms with Crippen LogP contribution in [-0.4, -0.2) is 64.4 Å². The molecular weight excluding hydrogens is 546 g/mol. The summed E-state index contributed by atoms with van der Waals surface area (Å²) in [6.45, 7) is -2.17. The van der Waals surface area contributed by atoms with Crippen LogP contribution in [0, 0.1) is 17.7 Å². The minimum atomic E-state index is -4.47. The van der Waals surface area contributed by atoms with Crippen molar-refractivity contribution in [2.75, 3.05) is 51.4 Å². The molecule has 3 N–H and O–H groups in total. The predicted molar refractivity (Wildman–Crippen MR) is 140 cm³/mol. The zero-order valence-electron chi connectivity index (χ0n) is 21.2. The van der Waals surface area contributed by atoms with Crippen molar-refractivity contribution in [3.8, 4) is 17.6 Å². The fourth-order valence-electron chi connectivity index (χ4n) is 3.66. The summed E-state index contributed by atoms with van der Waals surface area (Å²) < 4.78 is 85.4. The van der Waals surface area contributed by atoms with Gasteiger partial charge in [0.15, 0.2) is 0 Å². The lowest BCUT2D eigenvalue weighted by Gasteiger charge is -2.13. The normalized spacial score (nSPS) is 11.5. The standard InChI is InChI=1S/C26H26F6N4O2S/c1-33-24(37)16-12-21(38-25(28)29)20(13-18(16)27)34-9-5-8-22-17(14-26(30,31)32)15-6-4-7-19(23(15)39-22)35-10-11-36(2)3/h4,6-7,12-13,25,34-35H,9-11,14H2,1-3H3,(H,33,37). The average molecular weight is 573 g/mol. The summed E-state index contributed by atoms with van der Waals surface area (Å²) in [7, 11) is 5.06. The first-order chi connectivity index (χ1) is 18.4. The Hall–Kier alpha value is -3.63. The van der Waals surface area contributed by atoms with E-state index in [1.54, 1.807) is 18.2 Å². The van der Waals surface area contributed by atoms with E-state index in [1.807, 2.05) is 19.0 Å². The van der Waals surface area contributed by atoms with Crippen LogP contribution < -0.4 is 20.7 Å². The fraction of sp³-hybridized carbons (Fsp3) is 0.346. The number of nitrogens with one attached hydrogen (secondary N) is 3. The summed E-state index contributed by atoms with van der Waals surface area (Å²) in [4.78, 5) is 14.0. The van der Waals surface area contributed by atoms with Crippen molar-refractivity contribution in [3.05, 3.63) is 52.2 Å². The number of fused-ring (bicyclic) bond motifs is 1. The van der Waals surface area contributed by atoms with Crippen molar-refractivity contribution >= 4 is 38.7 Å². The highest BCUT2D eigenvalue weighted by Gasteiger charge is 2.31. The Bertz CT molecular complexity index is 1380. The van der Waals surface area contributed by atoms with Gasteiger partial charge in [0.05, 0.1) is 39.5 Å². The summed E-state index contributed by atoms with van der Waals surface area (Å²) in [5.41, 5.74) is 0.0270. The van der Waals surface area contributed by atoms with Crippen LogP contribution >= 0.6 is 11.3 Å². The van der Waals surface area contributed by atoms with Gasteiger partial charge in [-0.25, -0.2) is 4.39 Å². The van der Waals surface area contributed by atoms with Gasteiger partial charge in [-0.3, -0.25) is 4.79 Å². The molecule has 1 amide bonds. The molecule has 0 bridgehead atoms. The maximum atomic E-state index is 14.4. The number of hydrogen-bond donors (Lipinski definition) is 3. The number of likely N-dealkylation sites (N-methyl/N-ethyl adjacent to an activating group) is 1. The second-order valence-corrected chi connectivity index (χ2v) is 9.58. The SMILES string of the molecule is CNC(=O)c1cc(OC(F)F)c(NCC#Cc2sc3c(NCCN(C)C)cccc3c2CC(F)(F)F)cc1F. The Balaban J connectivity index is 1.91. The third-order valence-electron chi connectivity index (χ3n) is 5.40. The molecule has 0 aliphatic carbocycles. The highest BCUT2D eigenvalue weighted by Crippen LogP contribution is 2.39. The minimum absolute atomic E-state index is 0.0361. The number of halogens is 6. The van der Waals surface area contributed by atoms with E-state index >= 15 is 0 Å². The molecule has 1 heterocycles. The maximum Gasteiger partial charge on any atom is 0.393 e. The summed E-state index contributed by atoms with van der Waals surface area (Å²) in [6.07, 6.45) is -5.65. The zero-order chi connectivity index (χ0) is 28.7. The van der Waals surface area contributed by atoms with Crippen LogP contribution in [0.2, 0.25) is 0 Å². The fourth-order valence-corrected chi connectivity index (χ4v) is 4.84. The smallest absolute Gasteiger partial charge is 0.393 e. The van der Waals surface area contributed by atoms with Crippen LogP contribution in [0.4, 0.5) is 37.7 Å². The molecule has 13 heteroatoms. The molecule has 0 atom stereocenters. The molecular formula is C26H26F6N4O2S. The van der Waals surface area contributed by atoms with E-state index in [0.29, 0.717) is 22.3 Å². The van der Waals surface area contributed by atoms with Crippen molar-refractivity contribution in [1.82, 2.24) is 10.2 Å². The van der Waals surface area contributed by atoms with E-state index in [1.165, 1.54) is 7.05 Å². The second-order valence-electron chi connectivity index (χ2n) is 8.56. The third kappa shape index (κ3) is 8.18. The summed E-state index contributed by atoms with van der Waals surface area (Å²) >= 11 is 1.11. The number of carbonyl (C=O) groups excluding carboxylic acids is 1. The van der Waals surface area contributed by atoms with E-state index in [9.17, 15) is 31.1 Å². The van der Waals surface area contributed by atoms with Gasteiger partial charge in [0, 0.05) is 26.2 Å². The largest absolute Gasteiger partial charge is 0.433 e. The zero-order valence-corrected chi connectivity index (χ0v) is 22.0. The molecule has 3 rings (SSSR count). The number of hydrogen-bond acceptors (Lipinski definition) is 6. The number of rotatable bonds is 10.